The summed E-state index contributed by atoms with van der Waals surface area (Å²) in [6.45, 7) is 7.60. The maximum Gasteiger partial charge on any atom is 0.410 e. The summed E-state index contributed by atoms with van der Waals surface area (Å²) in [4.78, 5) is 13.4. The molecule has 94 valence electrons. The molecule has 1 rings (SSSR count). The number of nitrogens with zero attached hydrogens (tertiary/aromatic N) is 1. The molecule has 0 bridgehead atoms. The van der Waals surface area contributed by atoms with Crippen LogP contribution in [-0.2, 0) is 9.47 Å². The molecule has 6 heteroatoms. The van der Waals surface area contributed by atoms with Gasteiger partial charge in [0.15, 0.2) is 0 Å². The van der Waals surface area contributed by atoms with Crippen molar-refractivity contribution in [2.24, 2.45) is 5.84 Å². The predicted molar refractivity (Wildman–Crippen MR) is 59.7 cm³/mol. The monoisotopic (exact) mass is 231 g/mol. The van der Waals surface area contributed by atoms with Crippen LogP contribution in [0.5, 0.6) is 0 Å². The Morgan fingerprint density at radius 3 is 2.81 bits per heavy atom. The molecular formula is C10H21N3O3. The highest BCUT2D eigenvalue weighted by molar-refractivity contribution is 5.68. The zero-order chi connectivity index (χ0) is 12.2. The number of hydrogen-bond acceptors (Lipinski definition) is 5. The van der Waals surface area contributed by atoms with E-state index < -0.39 is 5.60 Å². The molecule has 0 aliphatic carbocycles. The van der Waals surface area contributed by atoms with E-state index in [0.717, 1.165) is 0 Å². The predicted octanol–water partition coefficient (Wildman–Crippen LogP) is 0.0856. The van der Waals surface area contributed by atoms with E-state index in [9.17, 15) is 4.79 Å². The van der Waals surface area contributed by atoms with Gasteiger partial charge < -0.3 is 14.4 Å². The Hall–Kier alpha value is -0.850. The van der Waals surface area contributed by atoms with Gasteiger partial charge in [-0.1, -0.05) is 0 Å². The molecule has 1 aliphatic rings. The molecule has 16 heavy (non-hydrogen) atoms. The molecule has 0 aromatic rings. The smallest absolute Gasteiger partial charge is 0.410 e. The van der Waals surface area contributed by atoms with Crippen molar-refractivity contribution in [3.63, 3.8) is 0 Å². The van der Waals surface area contributed by atoms with Gasteiger partial charge in [0.25, 0.3) is 0 Å². The van der Waals surface area contributed by atoms with Gasteiger partial charge in [0.2, 0.25) is 0 Å². The molecule has 1 heterocycles. The maximum atomic E-state index is 11.8. The fourth-order valence-electron chi connectivity index (χ4n) is 1.40. The zero-order valence-electron chi connectivity index (χ0n) is 10.2. The number of nitrogens with one attached hydrogen (secondary N) is 1. The molecule has 0 saturated carbocycles. The summed E-state index contributed by atoms with van der Waals surface area (Å²) >= 11 is 0. The lowest BCUT2D eigenvalue weighted by Gasteiger charge is -2.27. The molecule has 1 atom stereocenters. The third-order valence-electron chi connectivity index (χ3n) is 2.15. The van der Waals surface area contributed by atoms with E-state index in [-0.39, 0.29) is 12.1 Å². The molecule has 0 aromatic heterocycles. The Morgan fingerprint density at radius 1 is 1.56 bits per heavy atom. The highest BCUT2D eigenvalue weighted by Crippen LogP contribution is 2.11. The molecule has 1 unspecified atom stereocenters. The van der Waals surface area contributed by atoms with Crippen molar-refractivity contribution in [2.45, 2.75) is 32.4 Å². The number of ether oxygens (including phenoxy) is 2. The molecule has 0 radical (unpaired) electrons. The quantitative estimate of drug-likeness (QED) is 0.494. The lowest BCUT2D eigenvalue weighted by atomic mass is 10.2. The van der Waals surface area contributed by atoms with Gasteiger partial charge in [-0.3, -0.25) is 11.3 Å². The largest absolute Gasteiger partial charge is 0.444 e. The van der Waals surface area contributed by atoms with Gasteiger partial charge in [-0.15, -0.1) is 0 Å². The second-order valence-electron chi connectivity index (χ2n) is 4.86. The second kappa shape index (κ2) is 5.47. The number of carbonyl (C=O) groups excluding carboxylic acids is 1. The van der Waals surface area contributed by atoms with Crippen LogP contribution in [-0.4, -0.2) is 48.9 Å². The van der Waals surface area contributed by atoms with E-state index in [1.54, 1.807) is 4.90 Å². The van der Waals surface area contributed by atoms with Crippen molar-refractivity contribution in [2.75, 3.05) is 26.3 Å². The van der Waals surface area contributed by atoms with Crippen molar-refractivity contribution in [3.8, 4) is 0 Å². The van der Waals surface area contributed by atoms with Gasteiger partial charge in [-0.05, 0) is 20.8 Å². The molecule has 0 spiro atoms. The summed E-state index contributed by atoms with van der Waals surface area (Å²) in [7, 11) is 0. The number of carbonyl (C=O) groups is 1. The zero-order valence-corrected chi connectivity index (χ0v) is 10.2. The first-order valence-corrected chi connectivity index (χ1v) is 5.44. The van der Waals surface area contributed by atoms with Crippen molar-refractivity contribution in [1.82, 2.24) is 10.3 Å². The minimum absolute atomic E-state index is 0.0463. The van der Waals surface area contributed by atoms with Gasteiger partial charge in [0.05, 0.1) is 19.3 Å². The van der Waals surface area contributed by atoms with Crippen LogP contribution < -0.4 is 11.3 Å². The number of amides is 1. The van der Waals surface area contributed by atoms with Crippen LogP contribution >= 0.6 is 0 Å². The van der Waals surface area contributed by atoms with E-state index in [1.165, 1.54) is 0 Å². The second-order valence-corrected chi connectivity index (χ2v) is 4.86. The van der Waals surface area contributed by atoms with Crippen molar-refractivity contribution < 1.29 is 14.3 Å². The van der Waals surface area contributed by atoms with Crippen LogP contribution in [0.1, 0.15) is 20.8 Å². The number of nitrogens with two attached hydrogens (primary N) is 1. The lowest BCUT2D eigenvalue weighted by Crippen LogP contribution is -2.48. The van der Waals surface area contributed by atoms with Crippen LogP contribution in [0.15, 0.2) is 0 Å². The number of hydrazine groups is 1. The molecule has 1 saturated heterocycles. The third-order valence-corrected chi connectivity index (χ3v) is 2.15. The van der Waals surface area contributed by atoms with E-state index in [0.29, 0.717) is 26.3 Å². The average molecular weight is 231 g/mol. The van der Waals surface area contributed by atoms with Crippen LogP contribution in [0.3, 0.4) is 0 Å². The SMILES string of the molecule is CC(C)(C)OC(=O)N1CCOCC(NN)C1. The van der Waals surface area contributed by atoms with Crippen LogP contribution in [0, 0.1) is 0 Å². The Balaban J connectivity index is 2.53. The summed E-state index contributed by atoms with van der Waals surface area (Å²) in [5.41, 5.74) is 2.14. The van der Waals surface area contributed by atoms with Crippen LogP contribution in [0.25, 0.3) is 0 Å². The Labute approximate surface area is 96.0 Å². The molecule has 1 aliphatic heterocycles. The standard InChI is InChI=1S/C10H21N3O3/c1-10(2,3)16-9(14)13-4-5-15-7-8(6-13)12-11/h8,12H,4-7,11H2,1-3H3. The number of rotatable bonds is 1. The lowest BCUT2D eigenvalue weighted by molar-refractivity contribution is 0.0238. The van der Waals surface area contributed by atoms with Crippen LogP contribution in [0.4, 0.5) is 4.79 Å². The minimum Gasteiger partial charge on any atom is -0.444 e. The Morgan fingerprint density at radius 2 is 2.25 bits per heavy atom. The molecule has 6 nitrogen and oxygen atoms in total. The Bertz CT molecular complexity index is 240. The average Bonchev–Trinajstić information content (AvgIpc) is 2.39. The highest BCUT2D eigenvalue weighted by Gasteiger charge is 2.26. The topological polar surface area (TPSA) is 76.8 Å². The first-order valence-electron chi connectivity index (χ1n) is 5.44. The summed E-state index contributed by atoms with van der Waals surface area (Å²) < 4.78 is 10.6. The van der Waals surface area contributed by atoms with E-state index in [2.05, 4.69) is 5.43 Å². The minimum atomic E-state index is -0.476. The first kappa shape index (κ1) is 13.2. The molecule has 1 fully saturated rings. The van der Waals surface area contributed by atoms with Gasteiger partial charge in [0.1, 0.15) is 5.60 Å². The highest BCUT2D eigenvalue weighted by atomic mass is 16.6. The summed E-state index contributed by atoms with van der Waals surface area (Å²) in [5.74, 6) is 5.35. The number of hydrogen-bond donors (Lipinski definition) is 2. The normalized spacial score (nSPS) is 22.8. The summed E-state index contributed by atoms with van der Waals surface area (Å²) in [5, 5.41) is 0. The molecule has 3 N–H and O–H groups in total. The van der Waals surface area contributed by atoms with Gasteiger partial charge in [-0.25, -0.2) is 4.79 Å². The van der Waals surface area contributed by atoms with Gasteiger partial charge in [-0.2, -0.15) is 0 Å². The van der Waals surface area contributed by atoms with E-state index in [1.807, 2.05) is 20.8 Å². The third kappa shape index (κ3) is 4.34. The molecule has 1 amide bonds. The van der Waals surface area contributed by atoms with Gasteiger partial charge >= 0.3 is 6.09 Å². The fraction of sp³-hybridized carbons (Fsp3) is 0.900. The fourth-order valence-corrected chi connectivity index (χ4v) is 1.40. The molecule has 0 aromatic carbocycles. The first-order chi connectivity index (χ1) is 7.42. The van der Waals surface area contributed by atoms with Gasteiger partial charge in [0, 0.05) is 13.1 Å². The molecular weight excluding hydrogens is 210 g/mol. The van der Waals surface area contributed by atoms with Crippen molar-refractivity contribution in [3.05, 3.63) is 0 Å². The van der Waals surface area contributed by atoms with Crippen LogP contribution in [0.2, 0.25) is 0 Å². The maximum absolute atomic E-state index is 11.8. The van der Waals surface area contributed by atoms with Crippen molar-refractivity contribution >= 4 is 6.09 Å². The van der Waals surface area contributed by atoms with E-state index >= 15 is 0 Å². The summed E-state index contributed by atoms with van der Waals surface area (Å²) in [6.07, 6.45) is -0.321. The Kier molecular flexibility index (Phi) is 4.52. The summed E-state index contributed by atoms with van der Waals surface area (Å²) in [6, 6.07) is -0.0463. The van der Waals surface area contributed by atoms with E-state index in [4.69, 9.17) is 15.3 Å². The van der Waals surface area contributed by atoms with Crippen molar-refractivity contribution in [1.29, 1.82) is 0 Å².